The average molecular weight is 669 g/mol. The second kappa shape index (κ2) is 10.0. The lowest BCUT2D eigenvalue weighted by Gasteiger charge is -2.66. The number of Topliss-reactive ketones (excluding diaryl/α,β-unsaturated/α-hetero) is 1. The van der Waals surface area contributed by atoms with E-state index >= 15 is 0 Å². The van der Waals surface area contributed by atoms with Gasteiger partial charge in [0.2, 0.25) is 5.78 Å². The maximum atomic E-state index is 14.3. The van der Waals surface area contributed by atoms with Crippen molar-refractivity contribution in [3.05, 3.63) is 23.8 Å². The summed E-state index contributed by atoms with van der Waals surface area (Å²) in [5, 5.41) is 11.5. The van der Waals surface area contributed by atoms with Gasteiger partial charge < -0.3 is 14.6 Å². The summed E-state index contributed by atoms with van der Waals surface area (Å²) in [6, 6.07) is 0. The van der Waals surface area contributed by atoms with E-state index in [2.05, 4.69) is 56.9 Å². The Kier molecular flexibility index (Phi) is 7.97. The summed E-state index contributed by atoms with van der Waals surface area (Å²) in [7, 11) is 2.81. The summed E-state index contributed by atoms with van der Waals surface area (Å²) < 4.78 is 9.98. The first-order valence-electron chi connectivity index (χ1n) is 15.0. The second-order valence-electron chi connectivity index (χ2n) is 14.2. The molecule has 0 aromatic heterocycles. The van der Waals surface area contributed by atoms with Crippen molar-refractivity contribution >= 4 is 40.1 Å². The van der Waals surface area contributed by atoms with Crippen LogP contribution in [0.1, 0.15) is 93.4 Å². The summed E-state index contributed by atoms with van der Waals surface area (Å²) >= 11 is 2.18. The molecule has 0 amide bonds. The zero-order valence-electron chi connectivity index (χ0n) is 25.9. The van der Waals surface area contributed by atoms with Gasteiger partial charge in [-0.05, 0) is 97.7 Å². The molecule has 6 nitrogen and oxygen atoms in total. The van der Waals surface area contributed by atoms with Crippen LogP contribution in [-0.2, 0) is 23.9 Å². The van der Waals surface area contributed by atoms with Crippen LogP contribution >= 0.6 is 22.6 Å². The third-order valence-electron chi connectivity index (χ3n) is 12.1. The highest BCUT2D eigenvalue weighted by molar-refractivity contribution is 14.1. The molecule has 0 aromatic carbocycles. The molecule has 4 fully saturated rings. The van der Waals surface area contributed by atoms with Crippen molar-refractivity contribution in [3.63, 3.8) is 0 Å². The second-order valence-corrected chi connectivity index (χ2v) is 16.4. The summed E-state index contributed by atoms with van der Waals surface area (Å²) in [6.45, 7) is 19.0. The van der Waals surface area contributed by atoms with Crippen LogP contribution in [0.15, 0.2) is 23.8 Å². The zero-order valence-corrected chi connectivity index (χ0v) is 28.1. The Labute approximate surface area is 254 Å². The highest BCUT2D eigenvalue weighted by Gasteiger charge is 2.72. The molecule has 40 heavy (non-hydrogen) atoms. The molecule has 0 radical (unpaired) electrons. The van der Waals surface area contributed by atoms with Crippen molar-refractivity contribution in [1.29, 1.82) is 0 Å². The number of hydrogen-bond donors (Lipinski definition) is 1. The minimum Gasteiger partial charge on any atom is -0.469 e. The number of fused-ring (bicyclic) bond motifs is 7. The zero-order chi connectivity index (χ0) is 30.3. The van der Waals surface area contributed by atoms with Gasteiger partial charge in [-0.1, -0.05) is 70.7 Å². The molecule has 9 unspecified atom stereocenters. The summed E-state index contributed by atoms with van der Waals surface area (Å²) in [4.78, 5) is 41.1. The van der Waals surface area contributed by atoms with Gasteiger partial charge >= 0.3 is 5.97 Å². The number of methoxy groups -OCH3 is 2. The summed E-state index contributed by atoms with van der Waals surface area (Å²) in [5.74, 6) is -2.94. The Bertz CT molecular complexity index is 1150. The molecule has 9 atom stereocenters. The molecule has 0 bridgehead atoms. The predicted molar refractivity (Wildman–Crippen MR) is 164 cm³/mol. The molecule has 0 aromatic rings. The molecule has 224 valence electrons. The molecule has 4 saturated carbocycles. The molecule has 0 saturated heterocycles. The maximum absolute atomic E-state index is 14.3. The van der Waals surface area contributed by atoms with Gasteiger partial charge in [-0.25, -0.2) is 0 Å². The lowest BCUT2D eigenvalue weighted by Crippen LogP contribution is -2.69. The van der Waals surface area contributed by atoms with Gasteiger partial charge in [0.25, 0.3) is 5.79 Å². The number of carbonyl (C=O) groups excluding carboxylic acids is 3. The molecule has 5 aliphatic carbocycles. The minimum absolute atomic E-state index is 0.0505. The van der Waals surface area contributed by atoms with Crippen LogP contribution in [0.3, 0.4) is 0 Å². The molecule has 1 N–H and O–H groups in total. The van der Waals surface area contributed by atoms with E-state index in [1.54, 1.807) is 0 Å². The number of carbonyl (C=O) groups is 3. The lowest BCUT2D eigenvalue weighted by molar-refractivity contribution is -0.199. The maximum Gasteiger partial charge on any atom is 0.312 e. The Hall–Kier alpha value is -1.06. The first-order chi connectivity index (χ1) is 18.5. The Morgan fingerprint density at radius 1 is 1.00 bits per heavy atom. The van der Waals surface area contributed by atoms with Gasteiger partial charge in [-0.15, -0.1) is 0 Å². The molecule has 5 aliphatic rings. The number of ketones is 2. The number of halogens is 1. The van der Waals surface area contributed by atoms with Crippen LogP contribution < -0.4 is 0 Å². The van der Waals surface area contributed by atoms with E-state index in [9.17, 15) is 19.5 Å². The van der Waals surface area contributed by atoms with Crippen LogP contribution in [0.25, 0.3) is 0 Å². The number of ether oxygens (including phenoxy) is 2. The van der Waals surface area contributed by atoms with Crippen molar-refractivity contribution in [1.82, 2.24) is 0 Å². The molecule has 5 rings (SSSR count). The van der Waals surface area contributed by atoms with Gasteiger partial charge in [0.05, 0.1) is 15.9 Å². The average Bonchev–Trinajstić information content (AvgIpc) is 2.92. The van der Waals surface area contributed by atoms with Crippen molar-refractivity contribution in [2.24, 2.45) is 45.3 Å². The highest BCUT2D eigenvalue weighted by atomic mass is 127. The van der Waals surface area contributed by atoms with E-state index < -0.39 is 20.0 Å². The fourth-order valence-electron chi connectivity index (χ4n) is 9.93. The molecule has 0 aliphatic heterocycles. The van der Waals surface area contributed by atoms with Gasteiger partial charge in [-0.3, -0.25) is 14.4 Å². The minimum atomic E-state index is -2.11. The van der Waals surface area contributed by atoms with Gasteiger partial charge in [0.15, 0.2) is 5.78 Å². The van der Waals surface area contributed by atoms with Crippen molar-refractivity contribution in [2.45, 2.75) is 103 Å². The Morgan fingerprint density at radius 3 is 2.20 bits per heavy atom. The van der Waals surface area contributed by atoms with Crippen molar-refractivity contribution in [2.75, 3.05) is 14.2 Å². The third-order valence-corrected chi connectivity index (χ3v) is 13.3. The number of hydrogen-bond acceptors (Lipinski definition) is 6. The quantitative estimate of drug-likeness (QED) is 0.117. The standard InChI is InChI=1S/C31H43IO6.C2H6/c1-17-28(5)21(29(6,32)24(34)31(17,36)38-8)10-11-27(4)18-9-12-30(25(35)37-7)14-13-26(2,3)16-19(30)23(18)20(33)15-22(27)28;1-2/h15,18-19,21,23,36H,1,9-14,16H2,2-8H3;1-2H3. The van der Waals surface area contributed by atoms with Crippen LogP contribution in [0.2, 0.25) is 0 Å². The van der Waals surface area contributed by atoms with E-state index in [1.165, 1.54) is 14.2 Å². The lowest BCUT2D eigenvalue weighted by atomic mass is 9.38. The molecule has 0 heterocycles. The van der Waals surface area contributed by atoms with Crippen LogP contribution in [0.5, 0.6) is 0 Å². The van der Waals surface area contributed by atoms with Crippen LogP contribution in [0, 0.1) is 45.3 Å². The highest BCUT2D eigenvalue weighted by Crippen LogP contribution is 2.72. The molecular formula is C33H49IO6. The van der Waals surface area contributed by atoms with Crippen molar-refractivity contribution in [3.8, 4) is 0 Å². The fourth-order valence-corrected chi connectivity index (χ4v) is 11.2. The van der Waals surface area contributed by atoms with Gasteiger partial charge in [0.1, 0.15) is 0 Å². The van der Waals surface area contributed by atoms with E-state index in [0.717, 1.165) is 50.5 Å². The number of alkyl halides is 1. The number of aliphatic hydroxyl groups is 1. The molecule has 7 heteroatoms. The predicted octanol–water partition coefficient (Wildman–Crippen LogP) is 6.62. The third kappa shape index (κ3) is 3.95. The van der Waals surface area contributed by atoms with E-state index in [0.29, 0.717) is 5.57 Å². The normalized spacial score (nSPS) is 47.4. The number of allylic oxidation sites excluding steroid dienone is 2. The van der Waals surface area contributed by atoms with E-state index in [1.807, 2.05) is 26.8 Å². The first kappa shape index (κ1) is 31.9. The Balaban J connectivity index is 0.00000181. The van der Waals surface area contributed by atoms with Crippen LogP contribution in [0.4, 0.5) is 0 Å². The smallest absolute Gasteiger partial charge is 0.312 e. The van der Waals surface area contributed by atoms with Crippen LogP contribution in [-0.4, -0.2) is 46.1 Å². The van der Waals surface area contributed by atoms with Gasteiger partial charge in [-0.2, -0.15) is 0 Å². The van der Waals surface area contributed by atoms with E-state index in [4.69, 9.17) is 9.47 Å². The number of rotatable bonds is 2. The fraction of sp³-hybridized carbons (Fsp3) is 0.788. The van der Waals surface area contributed by atoms with E-state index in [-0.39, 0.29) is 52.0 Å². The first-order valence-corrected chi connectivity index (χ1v) is 16.1. The Morgan fingerprint density at radius 2 is 1.62 bits per heavy atom. The summed E-state index contributed by atoms with van der Waals surface area (Å²) in [6.07, 6.45) is 7.48. The molecular weight excluding hydrogens is 619 g/mol. The summed E-state index contributed by atoms with van der Waals surface area (Å²) in [5.41, 5.74) is -0.359. The monoisotopic (exact) mass is 668 g/mol. The largest absolute Gasteiger partial charge is 0.469 e. The van der Waals surface area contributed by atoms with Gasteiger partial charge in [0, 0.05) is 18.4 Å². The molecule has 0 spiro atoms. The topological polar surface area (TPSA) is 89.9 Å². The SMILES string of the molecule is C=C1C(O)(OC)C(=O)C(C)(I)C2CCC3(C)C(=CC(=O)C4C3CCC3(C(=O)OC)CCC(C)(C)CC43)C12C.CC. The number of esters is 1. The van der Waals surface area contributed by atoms with Crippen molar-refractivity contribution < 1.29 is 29.0 Å².